The summed E-state index contributed by atoms with van der Waals surface area (Å²) >= 11 is 0. The number of aromatic nitrogens is 3. The van der Waals surface area contributed by atoms with Crippen LogP contribution in [0.2, 0.25) is 0 Å². The van der Waals surface area contributed by atoms with Gasteiger partial charge in [-0.05, 0) is 29.8 Å². The lowest BCUT2D eigenvalue weighted by Gasteiger charge is -1.99. The largest absolute Gasteiger partial charge is 0.505 e. The average Bonchev–Trinajstić information content (AvgIpc) is 3.16. The van der Waals surface area contributed by atoms with Crippen LogP contribution in [0.4, 0.5) is 4.39 Å². The van der Waals surface area contributed by atoms with Gasteiger partial charge in [-0.2, -0.15) is 0 Å². The van der Waals surface area contributed by atoms with Gasteiger partial charge in [0.2, 0.25) is 5.89 Å². The van der Waals surface area contributed by atoms with E-state index in [0.29, 0.717) is 34.9 Å². The second kappa shape index (κ2) is 5.45. The Kier molecular flexibility index (Phi) is 3.26. The summed E-state index contributed by atoms with van der Waals surface area (Å²) in [6, 6.07) is 9.38. The Labute approximate surface area is 135 Å². The zero-order valence-corrected chi connectivity index (χ0v) is 12.7. The summed E-state index contributed by atoms with van der Waals surface area (Å²) in [7, 11) is 0. The second-order valence-corrected chi connectivity index (χ2v) is 5.35. The molecule has 120 valence electrons. The summed E-state index contributed by atoms with van der Waals surface area (Å²) in [6.45, 7) is 1.70. The van der Waals surface area contributed by atoms with Crippen LogP contribution in [0.5, 0.6) is 5.75 Å². The van der Waals surface area contributed by atoms with Gasteiger partial charge in [0.1, 0.15) is 5.82 Å². The van der Waals surface area contributed by atoms with Gasteiger partial charge in [-0.15, -0.1) is 10.2 Å². The van der Waals surface area contributed by atoms with Crippen molar-refractivity contribution in [1.82, 2.24) is 15.2 Å². The van der Waals surface area contributed by atoms with Crippen molar-refractivity contribution in [2.75, 3.05) is 0 Å². The first kappa shape index (κ1) is 14.4. The van der Waals surface area contributed by atoms with Gasteiger partial charge in [-0.3, -0.25) is 0 Å². The normalized spacial score (nSPS) is 11.2. The van der Waals surface area contributed by atoms with E-state index in [1.807, 2.05) is 0 Å². The molecule has 7 heteroatoms. The molecule has 2 aromatic carbocycles. The van der Waals surface area contributed by atoms with E-state index in [1.54, 1.807) is 31.2 Å². The highest BCUT2D eigenvalue weighted by atomic mass is 19.1. The Bertz CT molecular complexity index is 1020. The number of aromatic hydroxyl groups is 1. The van der Waals surface area contributed by atoms with Crippen molar-refractivity contribution >= 4 is 11.1 Å². The van der Waals surface area contributed by atoms with Crippen LogP contribution in [0.25, 0.3) is 22.6 Å². The number of nitrogens with zero attached hydrogens (tertiary/aromatic N) is 3. The molecule has 0 amide bonds. The number of rotatable bonds is 3. The summed E-state index contributed by atoms with van der Waals surface area (Å²) in [5, 5.41) is 18.3. The van der Waals surface area contributed by atoms with E-state index in [1.165, 1.54) is 12.1 Å². The standard InChI is InChI=1S/C17H12FN3O3/c1-9-19-15-13(23-9)7-6-12(16(15)22)17-21-20-14(24-17)8-10-2-4-11(18)5-3-10/h2-7,22H,8H2,1H3. The van der Waals surface area contributed by atoms with Crippen LogP contribution in [0.15, 0.2) is 45.2 Å². The number of aryl methyl sites for hydroxylation is 1. The monoisotopic (exact) mass is 325 g/mol. The molecule has 0 unspecified atom stereocenters. The molecule has 0 radical (unpaired) electrons. The molecule has 0 atom stereocenters. The van der Waals surface area contributed by atoms with Crippen molar-refractivity contribution in [3.05, 3.63) is 59.6 Å². The molecule has 1 N–H and O–H groups in total. The van der Waals surface area contributed by atoms with E-state index >= 15 is 0 Å². The Balaban J connectivity index is 1.67. The maximum absolute atomic E-state index is 12.9. The van der Waals surface area contributed by atoms with Gasteiger partial charge in [-0.25, -0.2) is 9.37 Å². The third-order valence-corrected chi connectivity index (χ3v) is 3.61. The second-order valence-electron chi connectivity index (χ2n) is 5.35. The quantitative estimate of drug-likeness (QED) is 0.619. The molecule has 0 aliphatic rings. The van der Waals surface area contributed by atoms with Crippen molar-refractivity contribution < 1.29 is 18.3 Å². The minimum absolute atomic E-state index is 0.0682. The minimum atomic E-state index is -0.300. The molecule has 0 saturated heterocycles. The third kappa shape index (κ3) is 2.50. The fourth-order valence-corrected chi connectivity index (χ4v) is 2.47. The predicted molar refractivity (Wildman–Crippen MR) is 82.9 cm³/mol. The van der Waals surface area contributed by atoms with Gasteiger partial charge in [0, 0.05) is 6.92 Å². The van der Waals surface area contributed by atoms with Crippen LogP contribution < -0.4 is 0 Å². The first-order valence-electron chi connectivity index (χ1n) is 7.26. The summed E-state index contributed by atoms with van der Waals surface area (Å²) < 4.78 is 23.9. The number of halogens is 1. The number of hydrogen-bond acceptors (Lipinski definition) is 6. The Morgan fingerprint density at radius 2 is 1.83 bits per heavy atom. The maximum Gasteiger partial charge on any atom is 0.251 e. The lowest BCUT2D eigenvalue weighted by Crippen LogP contribution is -1.88. The fourth-order valence-electron chi connectivity index (χ4n) is 2.47. The molecule has 2 aromatic heterocycles. The maximum atomic E-state index is 12.9. The lowest BCUT2D eigenvalue weighted by molar-refractivity contribution is 0.474. The van der Waals surface area contributed by atoms with Crippen LogP contribution in [-0.4, -0.2) is 20.3 Å². The van der Waals surface area contributed by atoms with E-state index < -0.39 is 0 Å². The molecule has 0 fully saturated rings. The highest BCUT2D eigenvalue weighted by Gasteiger charge is 2.18. The Morgan fingerprint density at radius 3 is 2.62 bits per heavy atom. The first-order chi connectivity index (χ1) is 11.6. The summed E-state index contributed by atoms with van der Waals surface area (Å²) in [4.78, 5) is 4.14. The highest BCUT2D eigenvalue weighted by Crippen LogP contribution is 2.35. The molecule has 6 nitrogen and oxygen atoms in total. The highest BCUT2D eigenvalue weighted by molar-refractivity contribution is 5.87. The molecule has 2 heterocycles. The van der Waals surface area contributed by atoms with Gasteiger partial charge >= 0.3 is 0 Å². The van der Waals surface area contributed by atoms with E-state index in [-0.39, 0.29) is 17.5 Å². The lowest BCUT2D eigenvalue weighted by atomic mass is 10.1. The van der Waals surface area contributed by atoms with Crippen molar-refractivity contribution in [2.24, 2.45) is 0 Å². The molecule has 0 spiro atoms. The van der Waals surface area contributed by atoms with Crippen molar-refractivity contribution in [1.29, 1.82) is 0 Å². The van der Waals surface area contributed by atoms with Crippen LogP contribution in [0.3, 0.4) is 0 Å². The van der Waals surface area contributed by atoms with Gasteiger partial charge < -0.3 is 13.9 Å². The number of benzene rings is 2. The molecule has 0 bridgehead atoms. The Morgan fingerprint density at radius 1 is 1.04 bits per heavy atom. The predicted octanol–water partition coefficient (Wildman–Crippen LogP) is 3.62. The number of oxazole rings is 1. The molecule has 4 aromatic rings. The first-order valence-corrected chi connectivity index (χ1v) is 7.26. The number of hydrogen-bond donors (Lipinski definition) is 1. The topological polar surface area (TPSA) is 85.2 Å². The van der Waals surface area contributed by atoms with Crippen molar-refractivity contribution in [3.8, 4) is 17.2 Å². The molecular weight excluding hydrogens is 313 g/mol. The minimum Gasteiger partial charge on any atom is -0.505 e. The van der Waals surface area contributed by atoms with Crippen LogP contribution in [-0.2, 0) is 6.42 Å². The van der Waals surface area contributed by atoms with E-state index in [2.05, 4.69) is 15.2 Å². The summed E-state index contributed by atoms with van der Waals surface area (Å²) in [5.41, 5.74) is 2.06. The summed E-state index contributed by atoms with van der Waals surface area (Å²) in [6.07, 6.45) is 0.374. The number of fused-ring (bicyclic) bond motifs is 1. The van der Waals surface area contributed by atoms with Gasteiger partial charge in [0.25, 0.3) is 5.89 Å². The van der Waals surface area contributed by atoms with E-state index in [4.69, 9.17) is 8.83 Å². The Hall–Kier alpha value is -3.22. The zero-order chi connectivity index (χ0) is 16.7. The molecule has 0 aliphatic heterocycles. The van der Waals surface area contributed by atoms with Crippen LogP contribution in [0.1, 0.15) is 17.3 Å². The van der Waals surface area contributed by atoms with Gasteiger partial charge in [0.05, 0.1) is 12.0 Å². The van der Waals surface area contributed by atoms with Gasteiger partial charge in [-0.1, -0.05) is 12.1 Å². The van der Waals surface area contributed by atoms with Crippen molar-refractivity contribution in [3.63, 3.8) is 0 Å². The average molecular weight is 325 g/mol. The smallest absolute Gasteiger partial charge is 0.251 e. The molecule has 0 aliphatic carbocycles. The summed E-state index contributed by atoms with van der Waals surface area (Å²) in [5.74, 6) is 0.645. The molecule has 4 rings (SSSR count). The third-order valence-electron chi connectivity index (χ3n) is 3.61. The zero-order valence-electron chi connectivity index (χ0n) is 12.7. The van der Waals surface area contributed by atoms with E-state index in [0.717, 1.165) is 5.56 Å². The molecular formula is C17H12FN3O3. The molecule has 24 heavy (non-hydrogen) atoms. The SMILES string of the molecule is Cc1nc2c(O)c(-c3nnc(Cc4ccc(F)cc4)o3)ccc2o1. The molecule has 0 saturated carbocycles. The van der Waals surface area contributed by atoms with Crippen molar-refractivity contribution in [2.45, 2.75) is 13.3 Å². The van der Waals surface area contributed by atoms with E-state index in [9.17, 15) is 9.50 Å². The number of phenols is 1. The van der Waals surface area contributed by atoms with Crippen LogP contribution >= 0.6 is 0 Å². The van der Waals surface area contributed by atoms with Gasteiger partial charge in [0.15, 0.2) is 22.7 Å². The van der Waals surface area contributed by atoms with Crippen LogP contribution in [0, 0.1) is 12.7 Å². The fraction of sp³-hybridized carbons (Fsp3) is 0.118. The number of phenolic OH excluding ortho intramolecular Hbond substituents is 1.